The third-order valence-electron chi connectivity index (χ3n) is 4.36. The fourth-order valence-electron chi connectivity index (χ4n) is 3.18. The predicted octanol–water partition coefficient (Wildman–Crippen LogP) is -0.498. The largest absolute Gasteiger partial charge is 0.341 e. The lowest BCUT2D eigenvalue weighted by atomic mass is 10.0. The number of aromatic amines is 1. The lowest BCUT2D eigenvalue weighted by Crippen LogP contribution is -2.38. The molecular formula is C14H21N5O2. The van der Waals surface area contributed by atoms with Gasteiger partial charge in [0.25, 0.3) is 5.91 Å². The highest BCUT2D eigenvalue weighted by atomic mass is 16.2. The minimum Gasteiger partial charge on any atom is -0.341 e. The van der Waals surface area contributed by atoms with Crippen molar-refractivity contribution in [1.29, 1.82) is 0 Å². The standard InChI is InChI=1S/C14H21N5O2/c1-17(2)5-6-18-7-10-8-19(9-11(10)13(18)20)14(21)12-3-4-15-16-12/h3-4,10-11H,5-9H2,1-2H3,(H,15,16). The van der Waals surface area contributed by atoms with Gasteiger partial charge in [-0.3, -0.25) is 14.7 Å². The number of rotatable bonds is 4. The third-order valence-corrected chi connectivity index (χ3v) is 4.36. The van der Waals surface area contributed by atoms with Gasteiger partial charge in [0.05, 0.1) is 5.92 Å². The quantitative estimate of drug-likeness (QED) is 0.812. The Morgan fingerprint density at radius 3 is 2.86 bits per heavy atom. The molecular weight excluding hydrogens is 270 g/mol. The first kappa shape index (κ1) is 14.1. The van der Waals surface area contributed by atoms with Crippen LogP contribution in [0.15, 0.2) is 12.3 Å². The summed E-state index contributed by atoms with van der Waals surface area (Å²) in [5, 5.41) is 6.49. The number of hydrogen-bond acceptors (Lipinski definition) is 4. The number of aromatic nitrogens is 2. The number of amides is 2. The molecule has 7 heteroatoms. The molecule has 0 spiro atoms. The van der Waals surface area contributed by atoms with Crippen molar-refractivity contribution in [3.8, 4) is 0 Å². The number of nitrogens with one attached hydrogen (secondary N) is 1. The molecule has 2 aliphatic heterocycles. The second-order valence-electron chi connectivity index (χ2n) is 6.13. The first-order valence-electron chi connectivity index (χ1n) is 7.28. The van der Waals surface area contributed by atoms with Crippen LogP contribution in [0.25, 0.3) is 0 Å². The molecule has 2 unspecified atom stereocenters. The van der Waals surface area contributed by atoms with Gasteiger partial charge in [0.1, 0.15) is 5.69 Å². The van der Waals surface area contributed by atoms with E-state index in [-0.39, 0.29) is 23.7 Å². The monoisotopic (exact) mass is 291 g/mol. The number of likely N-dealkylation sites (tertiary alicyclic amines) is 2. The maximum atomic E-state index is 12.4. The summed E-state index contributed by atoms with van der Waals surface area (Å²) in [6.45, 7) is 3.60. The lowest BCUT2D eigenvalue weighted by Gasteiger charge is -2.22. The van der Waals surface area contributed by atoms with Crippen LogP contribution in [0.1, 0.15) is 10.5 Å². The van der Waals surface area contributed by atoms with Gasteiger partial charge in [-0.1, -0.05) is 0 Å². The van der Waals surface area contributed by atoms with Crippen LogP contribution in [-0.2, 0) is 4.79 Å². The van der Waals surface area contributed by atoms with Crippen molar-refractivity contribution >= 4 is 11.8 Å². The minimum atomic E-state index is -0.0606. The zero-order valence-corrected chi connectivity index (χ0v) is 12.5. The molecule has 0 aromatic carbocycles. The number of hydrogen-bond donors (Lipinski definition) is 1. The maximum Gasteiger partial charge on any atom is 0.271 e. The maximum absolute atomic E-state index is 12.4. The zero-order valence-electron chi connectivity index (χ0n) is 12.5. The Morgan fingerprint density at radius 1 is 1.43 bits per heavy atom. The lowest BCUT2D eigenvalue weighted by molar-refractivity contribution is -0.131. The first-order chi connectivity index (χ1) is 10.1. The fourth-order valence-corrected chi connectivity index (χ4v) is 3.18. The molecule has 3 heterocycles. The van der Waals surface area contributed by atoms with E-state index in [1.54, 1.807) is 17.2 Å². The molecule has 0 saturated carbocycles. The number of H-pyrrole nitrogens is 1. The SMILES string of the molecule is CN(C)CCN1CC2CN(C(=O)c3ccn[nH]3)CC2C1=O. The van der Waals surface area contributed by atoms with Crippen molar-refractivity contribution in [3.63, 3.8) is 0 Å². The van der Waals surface area contributed by atoms with Crippen LogP contribution in [-0.4, -0.2) is 83.5 Å². The van der Waals surface area contributed by atoms with Crippen molar-refractivity contribution in [2.45, 2.75) is 0 Å². The van der Waals surface area contributed by atoms with E-state index in [0.717, 1.165) is 19.6 Å². The van der Waals surface area contributed by atoms with Gasteiger partial charge in [-0.05, 0) is 20.2 Å². The first-order valence-corrected chi connectivity index (χ1v) is 7.28. The van der Waals surface area contributed by atoms with Crippen molar-refractivity contribution in [1.82, 2.24) is 24.9 Å². The summed E-state index contributed by atoms with van der Waals surface area (Å²) < 4.78 is 0. The number of carbonyl (C=O) groups is 2. The Kier molecular flexibility index (Phi) is 3.67. The molecule has 1 aromatic heterocycles. The average molecular weight is 291 g/mol. The van der Waals surface area contributed by atoms with Crippen LogP contribution >= 0.6 is 0 Å². The smallest absolute Gasteiger partial charge is 0.271 e. The number of carbonyl (C=O) groups excluding carboxylic acids is 2. The topological polar surface area (TPSA) is 72.5 Å². The van der Waals surface area contributed by atoms with E-state index in [2.05, 4.69) is 15.1 Å². The number of nitrogens with zero attached hydrogens (tertiary/aromatic N) is 4. The molecule has 0 radical (unpaired) electrons. The van der Waals surface area contributed by atoms with Crippen LogP contribution in [0.4, 0.5) is 0 Å². The second-order valence-corrected chi connectivity index (χ2v) is 6.13. The van der Waals surface area contributed by atoms with E-state index >= 15 is 0 Å². The molecule has 2 saturated heterocycles. The van der Waals surface area contributed by atoms with Crippen LogP contribution in [0.5, 0.6) is 0 Å². The molecule has 2 atom stereocenters. The van der Waals surface area contributed by atoms with Gasteiger partial charge in [0.15, 0.2) is 0 Å². The molecule has 3 rings (SSSR count). The average Bonchev–Trinajstić information content (AvgIpc) is 3.14. The third kappa shape index (κ3) is 2.65. The molecule has 114 valence electrons. The second kappa shape index (κ2) is 5.48. The number of likely N-dealkylation sites (N-methyl/N-ethyl adjacent to an activating group) is 1. The minimum absolute atomic E-state index is 0.0287. The summed E-state index contributed by atoms with van der Waals surface area (Å²) in [7, 11) is 4.01. The number of fused-ring (bicyclic) bond motifs is 1. The molecule has 2 aliphatic rings. The summed E-state index contributed by atoms with van der Waals surface area (Å²) >= 11 is 0. The van der Waals surface area contributed by atoms with Crippen LogP contribution < -0.4 is 0 Å². The van der Waals surface area contributed by atoms with Crippen molar-refractivity contribution in [2.75, 3.05) is 46.8 Å². The van der Waals surface area contributed by atoms with E-state index in [0.29, 0.717) is 18.8 Å². The van der Waals surface area contributed by atoms with E-state index in [9.17, 15) is 9.59 Å². The van der Waals surface area contributed by atoms with Gasteiger partial charge in [-0.2, -0.15) is 5.10 Å². The molecule has 1 N–H and O–H groups in total. The molecule has 2 amide bonds. The van der Waals surface area contributed by atoms with E-state index in [1.807, 2.05) is 19.0 Å². The Morgan fingerprint density at radius 2 is 2.24 bits per heavy atom. The Hall–Kier alpha value is -1.89. The van der Waals surface area contributed by atoms with Crippen LogP contribution in [0.2, 0.25) is 0 Å². The molecule has 2 fully saturated rings. The Bertz CT molecular complexity index is 527. The Balaban J connectivity index is 1.60. The highest BCUT2D eigenvalue weighted by Gasteiger charge is 2.47. The van der Waals surface area contributed by atoms with Gasteiger partial charge < -0.3 is 14.7 Å². The van der Waals surface area contributed by atoms with Gasteiger partial charge >= 0.3 is 0 Å². The molecule has 7 nitrogen and oxygen atoms in total. The zero-order chi connectivity index (χ0) is 15.0. The van der Waals surface area contributed by atoms with Crippen LogP contribution in [0.3, 0.4) is 0 Å². The van der Waals surface area contributed by atoms with Gasteiger partial charge in [-0.25, -0.2) is 0 Å². The summed E-state index contributed by atoms with van der Waals surface area (Å²) in [5.74, 6) is 0.377. The molecule has 1 aromatic rings. The van der Waals surface area contributed by atoms with Gasteiger partial charge in [-0.15, -0.1) is 0 Å². The van der Waals surface area contributed by atoms with E-state index < -0.39 is 0 Å². The predicted molar refractivity (Wildman–Crippen MR) is 76.6 cm³/mol. The van der Waals surface area contributed by atoms with Crippen molar-refractivity contribution < 1.29 is 9.59 Å². The highest BCUT2D eigenvalue weighted by Crippen LogP contribution is 2.32. The van der Waals surface area contributed by atoms with Gasteiger partial charge in [0, 0.05) is 44.8 Å². The van der Waals surface area contributed by atoms with E-state index in [1.165, 1.54) is 0 Å². The summed E-state index contributed by atoms with van der Waals surface area (Å²) in [4.78, 5) is 30.5. The van der Waals surface area contributed by atoms with Gasteiger partial charge in [0.2, 0.25) is 5.91 Å². The summed E-state index contributed by atoms with van der Waals surface area (Å²) in [5.41, 5.74) is 0.492. The normalized spacial score (nSPS) is 25.0. The molecule has 21 heavy (non-hydrogen) atoms. The Labute approximate surface area is 123 Å². The highest BCUT2D eigenvalue weighted by molar-refractivity contribution is 5.93. The van der Waals surface area contributed by atoms with Crippen LogP contribution in [0, 0.1) is 11.8 Å². The van der Waals surface area contributed by atoms with E-state index in [4.69, 9.17) is 0 Å². The summed E-state index contributed by atoms with van der Waals surface area (Å²) in [6, 6.07) is 1.67. The molecule has 0 aliphatic carbocycles. The van der Waals surface area contributed by atoms with Crippen molar-refractivity contribution in [3.05, 3.63) is 18.0 Å². The summed E-state index contributed by atoms with van der Waals surface area (Å²) in [6.07, 6.45) is 1.57. The molecule has 0 bridgehead atoms. The van der Waals surface area contributed by atoms with Crippen molar-refractivity contribution in [2.24, 2.45) is 11.8 Å². The fraction of sp³-hybridized carbons (Fsp3) is 0.643.